The Bertz CT molecular complexity index is 1120. The number of anilines is 1. The van der Waals surface area contributed by atoms with Crippen LogP contribution in [0.25, 0.3) is 11.3 Å². The first-order valence-electron chi connectivity index (χ1n) is 7.72. The lowest BCUT2D eigenvalue weighted by Crippen LogP contribution is -2.16. The van der Waals surface area contributed by atoms with E-state index in [1.165, 1.54) is 24.4 Å². The fraction of sp³-hybridized carbons (Fsp3) is 0. The Morgan fingerprint density at radius 1 is 1.22 bits per heavy atom. The molecule has 0 radical (unpaired) electrons. The first-order chi connectivity index (χ1) is 13.1. The lowest BCUT2D eigenvalue weighted by molar-refractivity contribution is -0.384. The molecule has 0 spiro atoms. The van der Waals surface area contributed by atoms with Gasteiger partial charge >= 0.3 is 0 Å². The first kappa shape index (κ1) is 17.5. The third-order valence-electron chi connectivity index (χ3n) is 3.54. The highest BCUT2D eigenvalue weighted by Crippen LogP contribution is 2.19. The number of nitro groups is 1. The number of aromatic amines is 1. The smallest absolute Gasteiger partial charge is 0.270 e. The maximum absolute atomic E-state index is 12.1. The molecule has 0 fully saturated rings. The number of non-ortho nitro benzene ring substituents is 1. The molecule has 0 saturated heterocycles. The van der Waals surface area contributed by atoms with E-state index in [0.717, 1.165) is 0 Å². The normalized spacial score (nSPS) is 10.5. The molecule has 3 rings (SSSR count). The molecule has 0 atom stereocenters. The Hall–Kier alpha value is -4.32. The van der Waals surface area contributed by atoms with Gasteiger partial charge in [-0.15, -0.1) is 0 Å². The number of hydrogen-bond donors (Lipinski definition) is 2. The van der Waals surface area contributed by atoms with Crippen LogP contribution in [0.4, 0.5) is 11.6 Å². The zero-order chi connectivity index (χ0) is 19.2. The zero-order valence-corrected chi connectivity index (χ0v) is 13.8. The van der Waals surface area contributed by atoms with Gasteiger partial charge in [0.15, 0.2) is 0 Å². The number of nitriles is 1. The number of hydrazone groups is 1. The van der Waals surface area contributed by atoms with Crippen LogP contribution in [0.3, 0.4) is 0 Å². The lowest BCUT2D eigenvalue weighted by Gasteiger charge is -2.05. The van der Waals surface area contributed by atoms with E-state index in [4.69, 9.17) is 0 Å². The van der Waals surface area contributed by atoms with Gasteiger partial charge in [0.1, 0.15) is 11.6 Å². The summed E-state index contributed by atoms with van der Waals surface area (Å²) in [5.74, 6) is 0.0412. The van der Waals surface area contributed by atoms with Gasteiger partial charge in [-0.25, -0.2) is 10.4 Å². The highest BCUT2D eigenvalue weighted by atomic mass is 16.6. The third-order valence-corrected chi connectivity index (χ3v) is 3.54. The second kappa shape index (κ2) is 7.71. The van der Waals surface area contributed by atoms with Gasteiger partial charge in [-0.05, 0) is 0 Å². The minimum atomic E-state index is -0.598. The number of H-pyrrole nitrogens is 1. The maximum Gasteiger partial charge on any atom is 0.270 e. The van der Waals surface area contributed by atoms with Crippen molar-refractivity contribution in [1.29, 1.82) is 5.26 Å². The molecular formula is C18H12N6O3. The average molecular weight is 360 g/mol. The van der Waals surface area contributed by atoms with E-state index in [2.05, 4.69) is 20.5 Å². The van der Waals surface area contributed by atoms with Crippen molar-refractivity contribution in [2.24, 2.45) is 5.10 Å². The molecule has 0 aliphatic carbocycles. The van der Waals surface area contributed by atoms with E-state index in [1.54, 1.807) is 30.3 Å². The van der Waals surface area contributed by atoms with Gasteiger partial charge in [-0.3, -0.25) is 19.9 Å². The quantitative estimate of drug-likeness (QED) is 0.408. The van der Waals surface area contributed by atoms with Crippen molar-refractivity contribution in [2.45, 2.75) is 0 Å². The van der Waals surface area contributed by atoms with E-state index in [0.29, 0.717) is 11.1 Å². The minimum absolute atomic E-state index is 0.0412. The molecular weight excluding hydrogens is 348 g/mol. The van der Waals surface area contributed by atoms with Crippen LogP contribution in [0, 0.1) is 21.4 Å². The van der Waals surface area contributed by atoms with Crippen molar-refractivity contribution in [3.8, 4) is 17.3 Å². The molecule has 1 aromatic heterocycles. The molecule has 9 nitrogen and oxygen atoms in total. The predicted octanol–water partition coefficient (Wildman–Crippen LogP) is 2.66. The highest BCUT2D eigenvalue weighted by Gasteiger charge is 2.12. The molecule has 132 valence electrons. The SMILES string of the molecule is N#Cc1c(-c2ccccc2)nc(NN=Cc2cccc([N+](=O)[O-])c2)[nH]c1=O. The number of rotatable bonds is 5. The van der Waals surface area contributed by atoms with Gasteiger partial charge < -0.3 is 0 Å². The Kier molecular flexibility index (Phi) is 5.00. The number of nitrogens with one attached hydrogen (secondary N) is 2. The van der Waals surface area contributed by atoms with Crippen LogP contribution in [-0.4, -0.2) is 21.1 Å². The van der Waals surface area contributed by atoms with Gasteiger partial charge in [-0.2, -0.15) is 10.4 Å². The van der Waals surface area contributed by atoms with Crippen LogP contribution in [-0.2, 0) is 0 Å². The molecule has 27 heavy (non-hydrogen) atoms. The van der Waals surface area contributed by atoms with E-state index in [9.17, 15) is 20.2 Å². The van der Waals surface area contributed by atoms with Crippen LogP contribution in [0.1, 0.15) is 11.1 Å². The summed E-state index contributed by atoms with van der Waals surface area (Å²) in [6.45, 7) is 0. The third kappa shape index (κ3) is 4.02. The Labute approximate surface area is 152 Å². The summed E-state index contributed by atoms with van der Waals surface area (Å²) < 4.78 is 0. The molecule has 0 aliphatic heterocycles. The number of benzene rings is 2. The fourth-order valence-electron chi connectivity index (χ4n) is 2.32. The summed E-state index contributed by atoms with van der Waals surface area (Å²) >= 11 is 0. The van der Waals surface area contributed by atoms with Crippen molar-refractivity contribution < 1.29 is 4.92 Å². The van der Waals surface area contributed by atoms with Crippen molar-refractivity contribution in [1.82, 2.24) is 9.97 Å². The summed E-state index contributed by atoms with van der Waals surface area (Å²) in [6, 6.07) is 16.6. The van der Waals surface area contributed by atoms with E-state index < -0.39 is 10.5 Å². The second-order valence-electron chi connectivity index (χ2n) is 5.34. The summed E-state index contributed by atoms with van der Waals surface area (Å²) in [6.07, 6.45) is 1.35. The molecule has 2 N–H and O–H groups in total. The van der Waals surface area contributed by atoms with Gasteiger partial charge in [-0.1, -0.05) is 42.5 Å². The van der Waals surface area contributed by atoms with E-state index in [1.807, 2.05) is 12.1 Å². The van der Waals surface area contributed by atoms with E-state index >= 15 is 0 Å². The minimum Gasteiger partial charge on any atom is -0.290 e. The Balaban J connectivity index is 1.89. The second-order valence-corrected chi connectivity index (χ2v) is 5.34. The van der Waals surface area contributed by atoms with Crippen LogP contribution < -0.4 is 11.0 Å². The zero-order valence-electron chi connectivity index (χ0n) is 13.8. The molecule has 1 heterocycles. The van der Waals surface area contributed by atoms with Crippen LogP contribution in [0.5, 0.6) is 0 Å². The van der Waals surface area contributed by atoms with Gasteiger partial charge in [0.2, 0.25) is 5.95 Å². The predicted molar refractivity (Wildman–Crippen MR) is 99.3 cm³/mol. The summed E-state index contributed by atoms with van der Waals surface area (Å²) in [5, 5.41) is 24.0. The number of hydrogen-bond acceptors (Lipinski definition) is 7. The van der Waals surface area contributed by atoms with Gasteiger partial charge in [0, 0.05) is 23.3 Å². The van der Waals surface area contributed by atoms with Gasteiger partial charge in [0.25, 0.3) is 11.2 Å². The van der Waals surface area contributed by atoms with E-state index in [-0.39, 0.29) is 22.9 Å². The Morgan fingerprint density at radius 3 is 2.70 bits per heavy atom. The van der Waals surface area contributed by atoms with Crippen molar-refractivity contribution >= 4 is 17.9 Å². The van der Waals surface area contributed by atoms with Crippen molar-refractivity contribution in [3.63, 3.8) is 0 Å². The monoisotopic (exact) mass is 360 g/mol. The molecule has 3 aromatic rings. The standard InChI is InChI=1S/C18H12N6O3/c19-10-15-16(13-6-2-1-3-7-13)21-18(22-17(15)25)23-20-11-12-5-4-8-14(9-12)24(26)27/h1-9,11H,(H2,21,22,23,25). The van der Waals surface area contributed by atoms with Crippen molar-refractivity contribution in [3.05, 3.63) is 86.2 Å². The van der Waals surface area contributed by atoms with Crippen LogP contribution in [0.2, 0.25) is 0 Å². The molecule has 0 amide bonds. The Morgan fingerprint density at radius 2 is 2.00 bits per heavy atom. The van der Waals surface area contributed by atoms with Crippen LogP contribution >= 0.6 is 0 Å². The highest BCUT2D eigenvalue weighted by molar-refractivity contribution is 5.81. The molecule has 0 saturated carbocycles. The topological polar surface area (TPSA) is 137 Å². The molecule has 0 bridgehead atoms. The van der Waals surface area contributed by atoms with Gasteiger partial charge in [0.05, 0.1) is 16.8 Å². The summed E-state index contributed by atoms with van der Waals surface area (Å²) in [7, 11) is 0. The average Bonchev–Trinajstić information content (AvgIpc) is 2.68. The number of nitro benzene ring substituents is 1. The summed E-state index contributed by atoms with van der Waals surface area (Å²) in [4.78, 5) is 29.1. The molecule has 9 heteroatoms. The molecule has 0 aliphatic rings. The molecule has 2 aromatic carbocycles. The lowest BCUT2D eigenvalue weighted by atomic mass is 10.1. The first-order valence-corrected chi connectivity index (χ1v) is 7.72. The summed E-state index contributed by atoms with van der Waals surface area (Å²) in [5.41, 5.74) is 3.15. The fourth-order valence-corrected chi connectivity index (χ4v) is 2.32. The molecule has 0 unspecified atom stereocenters. The maximum atomic E-state index is 12.1. The van der Waals surface area contributed by atoms with Crippen LogP contribution in [0.15, 0.2) is 64.5 Å². The number of nitrogens with zero attached hydrogens (tertiary/aromatic N) is 4. The number of aromatic nitrogens is 2. The van der Waals surface area contributed by atoms with Crippen molar-refractivity contribution in [2.75, 3.05) is 5.43 Å². The largest absolute Gasteiger partial charge is 0.290 e.